The van der Waals surface area contributed by atoms with E-state index in [9.17, 15) is 9.59 Å². The van der Waals surface area contributed by atoms with Crippen molar-refractivity contribution in [3.63, 3.8) is 0 Å². The molecule has 2 fully saturated rings. The predicted octanol–water partition coefficient (Wildman–Crippen LogP) is 2.25. The van der Waals surface area contributed by atoms with E-state index >= 15 is 0 Å². The molecule has 7 heteroatoms. The van der Waals surface area contributed by atoms with Crippen molar-refractivity contribution >= 4 is 11.8 Å². The highest BCUT2D eigenvalue weighted by molar-refractivity contribution is 5.79. The van der Waals surface area contributed by atoms with E-state index in [1.165, 1.54) is 5.56 Å². The lowest BCUT2D eigenvalue weighted by Crippen LogP contribution is -2.52. The maximum atomic E-state index is 12.8. The number of rotatable bonds is 8. The summed E-state index contributed by atoms with van der Waals surface area (Å²) in [6, 6.07) is 18.1. The van der Waals surface area contributed by atoms with Gasteiger partial charge in [-0.25, -0.2) is 0 Å². The van der Waals surface area contributed by atoms with Crippen LogP contribution in [0.5, 0.6) is 5.75 Å². The second-order valence-electron chi connectivity index (χ2n) is 9.22. The Bertz CT molecular complexity index is 951. The highest BCUT2D eigenvalue weighted by Gasteiger charge is 2.35. The van der Waals surface area contributed by atoms with Gasteiger partial charge in [0.2, 0.25) is 11.8 Å². The number of piperazine rings is 1. The number of carbonyl (C=O) groups is 2. The van der Waals surface area contributed by atoms with Crippen molar-refractivity contribution in [3.8, 4) is 5.75 Å². The summed E-state index contributed by atoms with van der Waals surface area (Å²) in [6.45, 7) is 5.11. The van der Waals surface area contributed by atoms with Gasteiger partial charge in [0.05, 0.1) is 20.1 Å². The zero-order valence-corrected chi connectivity index (χ0v) is 20.0. The lowest BCUT2D eigenvalue weighted by molar-refractivity contribution is -0.132. The summed E-state index contributed by atoms with van der Waals surface area (Å²) in [5, 5.41) is 3.19. The molecular weight excluding hydrogens is 430 g/mol. The third-order valence-electron chi connectivity index (χ3n) is 7.04. The van der Waals surface area contributed by atoms with Gasteiger partial charge in [-0.3, -0.25) is 14.5 Å². The maximum absolute atomic E-state index is 12.8. The lowest BCUT2D eigenvalue weighted by atomic mass is 9.74. The number of nitrogens with one attached hydrogen (secondary N) is 1. The standard InChI is InChI=1S/C27H35N3O4/c1-33-24-9-5-6-22(18-24)19-26(32)30-14-12-29(13-15-30)20-25(31)28-21-27(10-16-34-17-11-27)23-7-3-2-4-8-23/h2-9,18H,10-17,19-21H2,1H3,(H,28,31). The van der Waals surface area contributed by atoms with Crippen LogP contribution in [-0.2, 0) is 26.2 Å². The molecule has 2 heterocycles. The molecular formula is C27H35N3O4. The molecule has 0 bridgehead atoms. The van der Waals surface area contributed by atoms with Crippen molar-refractivity contribution in [1.82, 2.24) is 15.1 Å². The zero-order chi connectivity index (χ0) is 23.8. The summed E-state index contributed by atoms with van der Waals surface area (Å²) in [6.07, 6.45) is 2.18. The van der Waals surface area contributed by atoms with Crippen molar-refractivity contribution in [2.45, 2.75) is 24.7 Å². The van der Waals surface area contributed by atoms with Crippen LogP contribution in [-0.4, -0.2) is 81.2 Å². The van der Waals surface area contributed by atoms with Crippen LogP contribution in [0, 0.1) is 0 Å². The molecule has 2 aromatic carbocycles. The monoisotopic (exact) mass is 465 g/mol. The van der Waals surface area contributed by atoms with E-state index in [2.05, 4.69) is 34.5 Å². The first-order valence-corrected chi connectivity index (χ1v) is 12.1. The normalized spacial score (nSPS) is 18.3. The first kappa shape index (κ1) is 24.2. The lowest BCUT2D eigenvalue weighted by Gasteiger charge is -2.38. The van der Waals surface area contributed by atoms with Crippen LogP contribution in [0.2, 0.25) is 0 Å². The molecule has 0 aliphatic carbocycles. The highest BCUT2D eigenvalue weighted by atomic mass is 16.5. The summed E-state index contributed by atoms with van der Waals surface area (Å²) in [5.41, 5.74) is 2.15. The van der Waals surface area contributed by atoms with E-state index in [0.29, 0.717) is 45.7 Å². The van der Waals surface area contributed by atoms with Crippen LogP contribution in [0.4, 0.5) is 0 Å². The number of carbonyl (C=O) groups excluding carboxylic acids is 2. The molecule has 2 aliphatic heterocycles. The number of ether oxygens (including phenoxy) is 2. The number of amides is 2. The minimum absolute atomic E-state index is 0.0398. The smallest absolute Gasteiger partial charge is 0.234 e. The van der Waals surface area contributed by atoms with Gasteiger partial charge in [0, 0.05) is 51.4 Å². The first-order chi connectivity index (χ1) is 16.6. The summed E-state index contributed by atoms with van der Waals surface area (Å²) in [7, 11) is 1.63. The van der Waals surface area contributed by atoms with Crippen LogP contribution in [0.15, 0.2) is 54.6 Å². The summed E-state index contributed by atoms with van der Waals surface area (Å²) in [5.74, 6) is 0.913. The Hall–Kier alpha value is -2.90. The second kappa shape index (κ2) is 11.5. The Morgan fingerprint density at radius 2 is 1.74 bits per heavy atom. The molecule has 2 saturated heterocycles. The van der Waals surface area contributed by atoms with Gasteiger partial charge in [0.25, 0.3) is 0 Å². The number of hydrogen-bond donors (Lipinski definition) is 1. The minimum atomic E-state index is -0.0690. The molecule has 2 amide bonds. The largest absolute Gasteiger partial charge is 0.497 e. The van der Waals surface area contributed by atoms with E-state index in [1.54, 1.807) is 7.11 Å². The van der Waals surface area contributed by atoms with Crippen LogP contribution < -0.4 is 10.1 Å². The molecule has 34 heavy (non-hydrogen) atoms. The highest BCUT2D eigenvalue weighted by Crippen LogP contribution is 2.34. The predicted molar refractivity (Wildman–Crippen MR) is 131 cm³/mol. The SMILES string of the molecule is COc1cccc(CC(=O)N2CCN(CC(=O)NCC3(c4ccccc4)CCOCC3)CC2)c1. The Labute approximate surface area is 202 Å². The van der Waals surface area contributed by atoms with Gasteiger partial charge >= 0.3 is 0 Å². The number of hydrogen-bond acceptors (Lipinski definition) is 5. The average Bonchev–Trinajstić information content (AvgIpc) is 2.89. The fraction of sp³-hybridized carbons (Fsp3) is 0.481. The molecule has 0 unspecified atom stereocenters. The average molecular weight is 466 g/mol. The van der Waals surface area contributed by atoms with Gasteiger partial charge < -0.3 is 19.7 Å². The number of methoxy groups -OCH3 is 1. The fourth-order valence-electron chi connectivity index (χ4n) is 4.87. The Kier molecular flexibility index (Phi) is 8.19. The molecule has 4 rings (SSSR count). The van der Waals surface area contributed by atoms with E-state index in [-0.39, 0.29) is 17.2 Å². The maximum Gasteiger partial charge on any atom is 0.234 e. The van der Waals surface area contributed by atoms with Crippen LogP contribution in [0.1, 0.15) is 24.0 Å². The minimum Gasteiger partial charge on any atom is -0.497 e. The third kappa shape index (κ3) is 6.15. The molecule has 2 aliphatic rings. The van der Waals surface area contributed by atoms with Gasteiger partial charge in [-0.05, 0) is 36.1 Å². The fourth-order valence-corrected chi connectivity index (χ4v) is 4.87. The quantitative estimate of drug-likeness (QED) is 0.648. The van der Waals surface area contributed by atoms with E-state index in [0.717, 1.165) is 37.4 Å². The summed E-state index contributed by atoms with van der Waals surface area (Å²) < 4.78 is 10.8. The summed E-state index contributed by atoms with van der Waals surface area (Å²) >= 11 is 0. The van der Waals surface area contributed by atoms with Crippen molar-refractivity contribution in [3.05, 3.63) is 65.7 Å². The van der Waals surface area contributed by atoms with Crippen LogP contribution in [0.25, 0.3) is 0 Å². The van der Waals surface area contributed by atoms with E-state index < -0.39 is 0 Å². The Morgan fingerprint density at radius 3 is 2.44 bits per heavy atom. The first-order valence-electron chi connectivity index (χ1n) is 12.1. The molecule has 0 aromatic heterocycles. The van der Waals surface area contributed by atoms with Crippen molar-refractivity contribution in [2.75, 3.05) is 59.6 Å². The van der Waals surface area contributed by atoms with Gasteiger partial charge in [0.1, 0.15) is 5.75 Å². The van der Waals surface area contributed by atoms with Crippen molar-refractivity contribution in [1.29, 1.82) is 0 Å². The molecule has 0 spiro atoms. The van der Waals surface area contributed by atoms with Crippen molar-refractivity contribution < 1.29 is 19.1 Å². The Balaban J connectivity index is 1.23. The number of nitrogens with zero attached hydrogens (tertiary/aromatic N) is 2. The van der Waals surface area contributed by atoms with E-state index in [4.69, 9.17) is 9.47 Å². The van der Waals surface area contributed by atoms with Gasteiger partial charge in [0.15, 0.2) is 0 Å². The molecule has 0 radical (unpaired) electrons. The topological polar surface area (TPSA) is 71.1 Å². The zero-order valence-electron chi connectivity index (χ0n) is 20.0. The number of benzene rings is 2. The molecule has 2 aromatic rings. The van der Waals surface area contributed by atoms with Gasteiger partial charge in [-0.2, -0.15) is 0 Å². The van der Waals surface area contributed by atoms with Crippen LogP contribution in [0.3, 0.4) is 0 Å². The van der Waals surface area contributed by atoms with Gasteiger partial charge in [-0.15, -0.1) is 0 Å². The third-order valence-corrected chi connectivity index (χ3v) is 7.04. The Morgan fingerprint density at radius 1 is 1.00 bits per heavy atom. The van der Waals surface area contributed by atoms with E-state index in [1.807, 2.05) is 35.2 Å². The molecule has 182 valence electrons. The molecule has 0 atom stereocenters. The second-order valence-corrected chi connectivity index (χ2v) is 9.22. The molecule has 1 N–H and O–H groups in total. The van der Waals surface area contributed by atoms with Crippen molar-refractivity contribution in [2.24, 2.45) is 0 Å². The van der Waals surface area contributed by atoms with Crippen LogP contribution >= 0.6 is 0 Å². The molecule has 0 saturated carbocycles. The van der Waals surface area contributed by atoms with Gasteiger partial charge in [-0.1, -0.05) is 42.5 Å². The summed E-state index contributed by atoms with van der Waals surface area (Å²) in [4.78, 5) is 29.5. The molecule has 7 nitrogen and oxygen atoms in total.